The second-order valence-electron chi connectivity index (χ2n) is 15.8. The third-order valence-corrected chi connectivity index (χ3v) is 11.6. The summed E-state index contributed by atoms with van der Waals surface area (Å²) < 4.78 is 32.9. The van der Waals surface area contributed by atoms with E-state index >= 15 is 0 Å². The average Bonchev–Trinajstić information content (AvgIpc) is 3.14. The Hall–Kier alpha value is -3.57. The molecule has 0 bridgehead atoms. The van der Waals surface area contributed by atoms with E-state index in [0.717, 1.165) is 5.03 Å². The van der Waals surface area contributed by atoms with Crippen molar-refractivity contribution in [2.24, 2.45) is 26.8 Å². The number of rotatable bonds is 30. The van der Waals surface area contributed by atoms with Crippen molar-refractivity contribution in [1.82, 2.24) is 9.88 Å². The predicted octanol–water partition coefficient (Wildman–Crippen LogP) is 6.85. The molecule has 0 radical (unpaired) electrons. The van der Waals surface area contributed by atoms with Gasteiger partial charge in [-0.15, -0.1) is 0 Å². The highest BCUT2D eigenvalue weighted by atomic mass is 33.1. The first kappa shape index (κ1) is 51.4. The monoisotopic (exact) mass is 841 g/mol. The Morgan fingerprint density at radius 2 is 1.39 bits per heavy atom. The zero-order valence-corrected chi connectivity index (χ0v) is 36.9. The van der Waals surface area contributed by atoms with Gasteiger partial charge in [0.1, 0.15) is 24.8 Å². The molecule has 0 aromatic carbocycles. The van der Waals surface area contributed by atoms with Crippen LogP contribution >= 0.6 is 21.6 Å². The number of azide groups is 1. The normalized spacial score (nSPS) is 14.8. The zero-order chi connectivity index (χ0) is 43.1. The summed E-state index contributed by atoms with van der Waals surface area (Å²) in [4.78, 5) is 76.4. The summed E-state index contributed by atoms with van der Waals surface area (Å²) in [7, 11) is 4.33. The van der Waals surface area contributed by atoms with Crippen molar-refractivity contribution >= 4 is 51.9 Å². The summed E-state index contributed by atoms with van der Waals surface area (Å²) in [6.45, 7) is 16.7. The van der Waals surface area contributed by atoms with E-state index in [1.54, 1.807) is 40.8 Å². The van der Waals surface area contributed by atoms with Crippen LogP contribution in [0.15, 0.2) is 34.5 Å². The fourth-order valence-electron chi connectivity index (χ4n) is 6.96. The molecule has 3 atom stereocenters. The Bertz CT molecular complexity index is 1460. The third kappa shape index (κ3) is 18.3. The second kappa shape index (κ2) is 25.7. The molecule has 0 aliphatic rings. The highest BCUT2D eigenvalue weighted by molar-refractivity contribution is 8.76. The first-order valence-corrected chi connectivity index (χ1v) is 21.3. The number of aromatic nitrogens is 1. The van der Waals surface area contributed by atoms with Crippen molar-refractivity contribution < 1.29 is 52.4 Å². The number of hydrogen-bond acceptors (Lipinski definition) is 16. The average molecular weight is 842 g/mol. The summed E-state index contributed by atoms with van der Waals surface area (Å²) in [6, 6.07) is 5.90. The molecule has 1 aromatic heterocycles. The van der Waals surface area contributed by atoms with Gasteiger partial charge < -0.3 is 28.4 Å². The minimum Gasteiger partial charge on any atom is -0.468 e. The molecule has 3 unspecified atom stereocenters. The standard InChI is InChI=1S/C39H63N5O11S2/c1-29(2)44(30(3)4)17-20-53-34(48)38(8,25-36(5,6)32(46)52-19-16-42-43-40)27-39(9,35(49)55-23-24-56-57-31-13-11-12-15-41-31)26-37(7,14-18-51-28-45)33(47)54-22-21-50-10/h11-13,15,28-30H,14,16-27H2,1-10H3. The van der Waals surface area contributed by atoms with Gasteiger partial charge in [-0.25, -0.2) is 4.98 Å². The molecule has 0 amide bonds. The van der Waals surface area contributed by atoms with E-state index in [4.69, 9.17) is 34.0 Å². The number of pyridine rings is 1. The van der Waals surface area contributed by atoms with E-state index in [1.165, 1.54) is 28.7 Å². The van der Waals surface area contributed by atoms with Crippen molar-refractivity contribution in [2.45, 2.75) is 105 Å². The quantitative estimate of drug-likeness (QED) is 0.0114. The molecule has 1 heterocycles. The Balaban J connectivity index is 3.68. The third-order valence-electron chi connectivity index (χ3n) is 9.36. The second-order valence-corrected chi connectivity index (χ2v) is 18.2. The van der Waals surface area contributed by atoms with Gasteiger partial charge in [-0.2, -0.15) is 0 Å². The number of hydrogen-bond donors (Lipinski definition) is 0. The number of carbonyl (C=O) groups excluding carboxylic acids is 5. The molecule has 322 valence electrons. The summed E-state index contributed by atoms with van der Waals surface area (Å²) in [5, 5.41) is 4.20. The van der Waals surface area contributed by atoms with Crippen LogP contribution in [0.5, 0.6) is 0 Å². The topological polar surface area (TPSA) is 206 Å². The molecular weight excluding hydrogens is 779 g/mol. The van der Waals surface area contributed by atoms with Crippen LogP contribution in [0.2, 0.25) is 0 Å². The fraction of sp³-hybridized carbons (Fsp3) is 0.744. The molecule has 1 aromatic rings. The number of methoxy groups -OCH3 is 1. The van der Waals surface area contributed by atoms with Gasteiger partial charge in [0, 0.05) is 42.6 Å². The number of ether oxygens (including phenoxy) is 6. The first-order valence-electron chi connectivity index (χ1n) is 19.0. The maximum Gasteiger partial charge on any atom is 0.312 e. The molecule has 0 spiro atoms. The van der Waals surface area contributed by atoms with Crippen LogP contribution in [-0.4, -0.2) is 118 Å². The summed E-state index contributed by atoms with van der Waals surface area (Å²) in [6.07, 6.45) is 1.15. The van der Waals surface area contributed by atoms with Crippen LogP contribution in [0.4, 0.5) is 0 Å². The SMILES string of the molecule is COCCOC(=O)C(C)(CCOC=O)CC(C)(CC(C)(CC(C)(C)C(=O)OCCN=[N+]=[N-])C(=O)OCCN(C(C)C)C(C)C)C(=O)OCCSSc1ccccn1. The van der Waals surface area contributed by atoms with Crippen molar-refractivity contribution in [1.29, 1.82) is 0 Å². The largest absolute Gasteiger partial charge is 0.468 e. The molecular formula is C39H63N5O11S2. The summed E-state index contributed by atoms with van der Waals surface area (Å²) in [5.74, 6) is -2.24. The number of nitrogens with zero attached hydrogens (tertiary/aromatic N) is 5. The lowest BCUT2D eigenvalue weighted by Crippen LogP contribution is -2.48. The lowest BCUT2D eigenvalue weighted by Gasteiger charge is -2.43. The van der Waals surface area contributed by atoms with Crippen molar-refractivity contribution in [2.75, 3.05) is 65.6 Å². The van der Waals surface area contributed by atoms with Crippen LogP contribution in [-0.2, 0) is 52.4 Å². The Morgan fingerprint density at radius 3 is 1.96 bits per heavy atom. The molecule has 0 N–H and O–H groups in total. The van der Waals surface area contributed by atoms with Gasteiger partial charge in [0.15, 0.2) is 0 Å². The molecule has 0 saturated carbocycles. The Morgan fingerprint density at radius 1 is 0.807 bits per heavy atom. The highest BCUT2D eigenvalue weighted by Crippen LogP contribution is 2.50. The Kier molecular flexibility index (Phi) is 23.2. The van der Waals surface area contributed by atoms with E-state index in [0.29, 0.717) is 12.3 Å². The number of esters is 4. The van der Waals surface area contributed by atoms with Crippen molar-refractivity contribution in [3.8, 4) is 0 Å². The highest BCUT2D eigenvalue weighted by Gasteiger charge is 2.54. The number of carbonyl (C=O) groups is 5. The van der Waals surface area contributed by atoms with Gasteiger partial charge >= 0.3 is 23.9 Å². The van der Waals surface area contributed by atoms with Crippen LogP contribution < -0.4 is 0 Å². The van der Waals surface area contributed by atoms with E-state index in [1.807, 2.05) is 45.9 Å². The molecule has 57 heavy (non-hydrogen) atoms. The predicted molar refractivity (Wildman–Crippen MR) is 218 cm³/mol. The maximum absolute atomic E-state index is 14.4. The molecule has 0 fully saturated rings. The zero-order valence-electron chi connectivity index (χ0n) is 35.3. The summed E-state index contributed by atoms with van der Waals surface area (Å²) in [5.41, 5.74) is 2.85. The molecule has 18 heteroatoms. The van der Waals surface area contributed by atoms with Gasteiger partial charge in [0.25, 0.3) is 6.47 Å². The van der Waals surface area contributed by atoms with Gasteiger partial charge in [-0.1, -0.05) is 22.0 Å². The molecule has 0 aliphatic heterocycles. The molecule has 1 rings (SSSR count). The minimum absolute atomic E-state index is 0.00652. The molecule has 0 saturated heterocycles. The Labute approximate surface area is 345 Å². The van der Waals surface area contributed by atoms with E-state index in [2.05, 4.69) is 19.9 Å². The van der Waals surface area contributed by atoms with Gasteiger partial charge in [0.05, 0.1) is 48.0 Å². The minimum atomic E-state index is -1.56. The van der Waals surface area contributed by atoms with E-state index < -0.39 is 45.5 Å². The van der Waals surface area contributed by atoms with Crippen LogP contribution in [0, 0.1) is 21.7 Å². The van der Waals surface area contributed by atoms with Crippen LogP contribution in [0.3, 0.4) is 0 Å². The van der Waals surface area contributed by atoms with Gasteiger partial charge in [0.2, 0.25) is 0 Å². The first-order chi connectivity index (χ1) is 26.8. The van der Waals surface area contributed by atoms with Crippen LogP contribution in [0.1, 0.15) is 88.0 Å². The van der Waals surface area contributed by atoms with E-state index in [9.17, 15) is 24.0 Å². The van der Waals surface area contributed by atoms with E-state index in [-0.39, 0.29) is 90.4 Å². The smallest absolute Gasteiger partial charge is 0.312 e. The van der Waals surface area contributed by atoms with Gasteiger partial charge in [-0.05, 0) is 116 Å². The van der Waals surface area contributed by atoms with Crippen LogP contribution in [0.25, 0.3) is 10.4 Å². The lowest BCUT2D eigenvalue weighted by molar-refractivity contribution is -0.173. The molecule has 16 nitrogen and oxygen atoms in total. The van der Waals surface area contributed by atoms with Gasteiger partial charge in [-0.3, -0.25) is 28.9 Å². The summed E-state index contributed by atoms with van der Waals surface area (Å²) >= 11 is 0. The fourth-order valence-corrected chi connectivity index (χ4v) is 8.67. The maximum atomic E-state index is 14.4. The van der Waals surface area contributed by atoms with Crippen molar-refractivity contribution in [3.05, 3.63) is 34.8 Å². The van der Waals surface area contributed by atoms with Crippen molar-refractivity contribution in [3.63, 3.8) is 0 Å². The lowest BCUT2D eigenvalue weighted by atomic mass is 9.61. The molecule has 0 aliphatic carbocycles.